The maximum atomic E-state index is 12.9. The number of benzene rings is 1. The molecule has 1 unspecified atom stereocenters. The van der Waals surface area contributed by atoms with Crippen LogP contribution in [-0.2, 0) is 10.0 Å². The molecule has 112 valence electrons. The van der Waals surface area contributed by atoms with Crippen molar-refractivity contribution in [1.29, 1.82) is 0 Å². The number of hydrogen-bond acceptors (Lipinski definition) is 3. The molecule has 0 aliphatic carbocycles. The third-order valence-corrected chi connectivity index (χ3v) is 5.93. The lowest BCUT2D eigenvalue weighted by Crippen LogP contribution is -2.39. The summed E-state index contributed by atoms with van der Waals surface area (Å²) in [7, 11) is -3.40. The minimum atomic E-state index is -3.40. The minimum absolute atomic E-state index is 0.193. The van der Waals surface area contributed by atoms with Crippen molar-refractivity contribution >= 4 is 10.0 Å². The highest BCUT2D eigenvalue weighted by Gasteiger charge is 2.29. The number of rotatable bonds is 2. The highest BCUT2D eigenvalue weighted by atomic mass is 32.2. The molecule has 0 amide bonds. The Hall–Kier alpha value is -0.910. The molecule has 0 aromatic heterocycles. The second kappa shape index (κ2) is 5.84. The molecule has 4 nitrogen and oxygen atoms in total. The van der Waals surface area contributed by atoms with Crippen LogP contribution in [0.3, 0.4) is 0 Å². The zero-order valence-electron chi connectivity index (χ0n) is 12.7. The van der Waals surface area contributed by atoms with E-state index >= 15 is 0 Å². The average Bonchev–Trinajstić information content (AvgIpc) is 2.52. The van der Waals surface area contributed by atoms with E-state index < -0.39 is 10.0 Å². The smallest absolute Gasteiger partial charge is 0.243 e. The van der Waals surface area contributed by atoms with Crippen LogP contribution >= 0.6 is 0 Å². The van der Waals surface area contributed by atoms with E-state index in [1.54, 1.807) is 4.31 Å². The van der Waals surface area contributed by atoms with Crippen molar-refractivity contribution in [2.45, 2.75) is 45.1 Å². The number of nitrogens with zero attached hydrogens (tertiary/aromatic N) is 1. The van der Waals surface area contributed by atoms with E-state index in [-0.39, 0.29) is 6.04 Å². The predicted molar refractivity (Wildman–Crippen MR) is 81.5 cm³/mol. The molecular formula is C15H24N2O2S. The average molecular weight is 296 g/mol. The van der Waals surface area contributed by atoms with Gasteiger partial charge in [-0.25, -0.2) is 8.42 Å². The first kappa shape index (κ1) is 15.5. The summed E-state index contributed by atoms with van der Waals surface area (Å²) in [6, 6.07) is 4.08. The van der Waals surface area contributed by atoms with E-state index in [1.807, 2.05) is 39.8 Å². The zero-order valence-corrected chi connectivity index (χ0v) is 13.5. The Morgan fingerprint density at radius 3 is 2.40 bits per heavy atom. The Balaban J connectivity index is 2.44. The molecule has 0 radical (unpaired) electrons. The van der Waals surface area contributed by atoms with E-state index in [0.29, 0.717) is 18.0 Å². The molecule has 0 bridgehead atoms. The van der Waals surface area contributed by atoms with Gasteiger partial charge >= 0.3 is 0 Å². The van der Waals surface area contributed by atoms with E-state index in [0.717, 1.165) is 29.7 Å². The van der Waals surface area contributed by atoms with Crippen LogP contribution in [0.15, 0.2) is 17.0 Å². The summed E-state index contributed by atoms with van der Waals surface area (Å²) in [4.78, 5) is 0.484. The monoisotopic (exact) mass is 296 g/mol. The van der Waals surface area contributed by atoms with Gasteiger partial charge in [0.2, 0.25) is 10.0 Å². The van der Waals surface area contributed by atoms with E-state index in [9.17, 15) is 8.42 Å². The molecule has 1 fully saturated rings. The van der Waals surface area contributed by atoms with Crippen LogP contribution < -0.4 is 5.32 Å². The summed E-state index contributed by atoms with van der Waals surface area (Å²) in [5.74, 6) is 0. The van der Waals surface area contributed by atoms with Crippen molar-refractivity contribution in [2.24, 2.45) is 0 Å². The molecule has 20 heavy (non-hydrogen) atoms. The molecule has 1 saturated heterocycles. The van der Waals surface area contributed by atoms with Crippen LogP contribution in [0.25, 0.3) is 0 Å². The van der Waals surface area contributed by atoms with Crippen LogP contribution in [0.4, 0.5) is 0 Å². The molecule has 0 saturated carbocycles. The van der Waals surface area contributed by atoms with Gasteiger partial charge in [-0.2, -0.15) is 4.31 Å². The van der Waals surface area contributed by atoms with Crippen LogP contribution in [0.1, 0.15) is 30.0 Å². The Kier molecular flexibility index (Phi) is 4.52. The van der Waals surface area contributed by atoms with Crippen molar-refractivity contribution < 1.29 is 8.42 Å². The standard InChI is InChI=1S/C15H24N2O2S/c1-11-8-12(2)15(13(3)9-11)20(18,19)17-7-5-6-16-14(4)10-17/h8-9,14,16H,5-7,10H2,1-4H3. The predicted octanol–water partition coefficient (Wildman–Crippen LogP) is 1.98. The maximum Gasteiger partial charge on any atom is 0.243 e. The van der Waals surface area contributed by atoms with Crippen molar-refractivity contribution in [3.63, 3.8) is 0 Å². The lowest BCUT2D eigenvalue weighted by Gasteiger charge is -2.24. The third kappa shape index (κ3) is 3.05. The molecular weight excluding hydrogens is 272 g/mol. The fourth-order valence-corrected chi connectivity index (χ4v) is 4.97. The summed E-state index contributed by atoms with van der Waals surface area (Å²) in [6.45, 7) is 9.79. The molecule has 2 rings (SSSR count). The van der Waals surface area contributed by atoms with Gasteiger partial charge in [0.05, 0.1) is 4.90 Å². The molecule has 1 aliphatic heterocycles. The molecule has 5 heteroatoms. The molecule has 1 aliphatic rings. The fraction of sp³-hybridized carbons (Fsp3) is 0.600. The van der Waals surface area contributed by atoms with E-state index in [4.69, 9.17) is 0 Å². The summed E-state index contributed by atoms with van der Waals surface area (Å²) < 4.78 is 27.5. The first-order chi connectivity index (χ1) is 9.32. The molecule has 1 aromatic rings. The Bertz CT molecular complexity index is 573. The maximum absolute atomic E-state index is 12.9. The first-order valence-corrected chi connectivity index (χ1v) is 8.58. The van der Waals surface area contributed by atoms with Crippen LogP contribution in [0.5, 0.6) is 0 Å². The third-order valence-electron chi connectivity index (χ3n) is 3.76. The van der Waals surface area contributed by atoms with Crippen molar-refractivity contribution in [2.75, 3.05) is 19.6 Å². The van der Waals surface area contributed by atoms with Gasteiger partial charge in [0, 0.05) is 19.1 Å². The summed E-state index contributed by atoms with van der Waals surface area (Å²) in [5.41, 5.74) is 2.78. The van der Waals surface area contributed by atoms with Crippen molar-refractivity contribution in [3.05, 3.63) is 28.8 Å². The summed E-state index contributed by atoms with van der Waals surface area (Å²) in [5, 5.41) is 3.33. The Labute approximate surface area is 122 Å². The van der Waals surface area contributed by atoms with E-state index in [2.05, 4.69) is 5.32 Å². The van der Waals surface area contributed by atoms with Gasteiger partial charge in [0.15, 0.2) is 0 Å². The van der Waals surface area contributed by atoms with Gasteiger partial charge < -0.3 is 5.32 Å². The Morgan fingerprint density at radius 2 is 1.80 bits per heavy atom. The number of nitrogens with one attached hydrogen (secondary N) is 1. The second-order valence-electron chi connectivity index (χ2n) is 5.80. The van der Waals surface area contributed by atoms with Gasteiger partial charge in [0.1, 0.15) is 0 Å². The molecule has 0 spiro atoms. The van der Waals surface area contributed by atoms with Crippen molar-refractivity contribution in [1.82, 2.24) is 9.62 Å². The fourth-order valence-electron chi connectivity index (χ4n) is 2.99. The second-order valence-corrected chi connectivity index (χ2v) is 7.67. The van der Waals surface area contributed by atoms with Gasteiger partial charge in [-0.1, -0.05) is 17.7 Å². The molecule has 1 atom stereocenters. The normalized spacial score (nSPS) is 21.7. The minimum Gasteiger partial charge on any atom is -0.313 e. The summed E-state index contributed by atoms with van der Waals surface area (Å²) >= 11 is 0. The Morgan fingerprint density at radius 1 is 1.20 bits per heavy atom. The van der Waals surface area contributed by atoms with Gasteiger partial charge in [-0.15, -0.1) is 0 Å². The lowest BCUT2D eigenvalue weighted by molar-refractivity contribution is 0.403. The van der Waals surface area contributed by atoms with Crippen molar-refractivity contribution in [3.8, 4) is 0 Å². The molecule has 1 N–H and O–H groups in total. The number of sulfonamides is 1. The number of hydrogen-bond donors (Lipinski definition) is 1. The quantitative estimate of drug-likeness (QED) is 0.908. The topological polar surface area (TPSA) is 49.4 Å². The van der Waals surface area contributed by atoms with Gasteiger partial charge in [-0.05, 0) is 51.8 Å². The van der Waals surface area contributed by atoms with Crippen LogP contribution in [0, 0.1) is 20.8 Å². The van der Waals surface area contributed by atoms with Crippen LogP contribution in [0.2, 0.25) is 0 Å². The van der Waals surface area contributed by atoms with Crippen LogP contribution in [-0.4, -0.2) is 38.4 Å². The SMILES string of the molecule is Cc1cc(C)c(S(=O)(=O)N2CCCNC(C)C2)c(C)c1. The first-order valence-electron chi connectivity index (χ1n) is 7.14. The zero-order chi connectivity index (χ0) is 14.9. The largest absolute Gasteiger partial charge is 0.313 e. The van der Waals surface area contributed by atoms with E-state index in [1.165, 1.54) is 0 Å². The highest BCUT2D eigenvalue weighted by Crippen LogP contribution is 2.26. The molecule has 1 heterocycles. The lowest BCUT2D eigenvalue weighted by atomic mass is 10.1. The highest BCUT2D eigenvalue weighted by molar-refractivity contribution is 7.89. The van der Waals surface area contributed by atoms with Gasteiger partial charge in [-0.3, -0.25) is 0 Å². The molecule has 1 aromatic carbocycles. The number of aryl methyl sites for hydroxylation is 3. The summed E-state index contributed by atoms with van der Waals surface area (Å²) in [6.07, 6.45) is 0.855. The van der Waals surface area contributed by atoms with Gasteiger partial charge in [0.25, 0.3) is 0 Å².